The van der Waals surface area contributed by atoms with Gasteiger partial charge in [-0.25, -0.2) is 4.79 Å². The zero-order valence-electron chi connectivity index (χ0n) is 10.5. The highest BCUT2D eigenvalue weighted by Gasteiger charge is 2.18. The van der Waals surface area contributed by atoms with Crippen LogP contribution in [0.25, 0.3) is 11.1 Å². The van der Waals surface area contributed by atoms with Crippen molar-refractivity contribution < 1.29 is 18.8 Å². The molecule has 2 aromatic rings. The molecule has 1 fully saturated rings. The summed E-state index contributed by atoms with van der Waals surface area (Å²) in [6, 6.07) is 4.10. The zero-order valence-corrected chi connectivity index (χ0v) is 10.5. The van der Waals surface area contributed by atoms with Crippen molar-refractivity contribution in [2.75, 3.05) is 13.2 Å². The molecule has 1 aromatic heterocycles. The van der Waals surface area contributed by atoms with Gasteiger partial charge in [0.2, 0.25) is 0 Å². The smallest absolute Gasteiger partial charge is 0.407 e. The second-order valence-corrected chi connectivity index (χ2v) is 4.39. The van der Waals surface area contributed by atoms with E-state index < -0.39 is 10.7 Å². The molecule has 2 heterocycles. The molecule has 0 saturated carbocycles. The van der Waals surface area contributed by atoms with Gasteiger partial charge in [0.05, 0.1) is 29.7 Å². The molecule has 1 aliphatic rings. The van der Waals surface area contributed by atoms with Gasteiger partial charge in [-0.05, 0) is 6.07 Å². The number of fused-ring (bicyclic) bond motifs is 1. The van der Waals surface area contributed by atoms with E-state index in [4.69, 9.17) is 13.9 Å². The lowest BCUT2D eigenvalue weighted by atomic mass is 10.3. The third kappa shape index (κ3) is 2.30. The van der Waals surface area contributed by atoms with E-state index in [-0.39, 0.29) is 17.6 Å². The molecule has 3 rings (SSSR count). The molecule has 0 spiro atoms. The number of aromatic nitrogens is 1. The number of ether oxygens (including phenoxy) is 2. The van der Waals surface area contributed by atoms with Gasteiger partial charge in [-0.2, -0.15) is 0 Å². The minimum Gasteiger partial charge on any atom is -0.407 e. The Morgan fingerprint density at radius 3 is 2.80 bits per heavy atom. The third-order valence-electron chi connectivity index (χ3n) is 3.14. The Labute approximate surface area is 112 Å². The molecule has 0 aliphatic carbocycles. The molecule has 8 heteroatoms. The predicted octanol–water partition coefficient (Wildman–Crippen LogP) is 1.27. The number of nitrogens with zero attached hydrogens (tertiary/aromatic N) is 2. The van der Waals surface area contributed by atoms with Crippen molar-refractivity contribution in [3.8, 4) is 0 Å². The van der Waals surface area contributed by atoms with Crippen LogP contribution in [-0.2, 0) is 16.0 Å². The van der Waals surface area contributed by atoms with Gasteiger partial charge in [-0.1, -0.05) is 0 Å². The van der Waals surface area contributed by atoms with Crippen molar-refractivity contribution in [3.05, 3.63) is 38.9 Å². The number of hydrogen-bond donors (Lipinski definition) is 0. The number of benzene rings is 1. The Bertz CT molecular complexity index is 698. The van der Waals surface area contributed by atoms with Crippen LogP contribution in [0, 0.1) is 10.1 Å². The number of rotatable bonds is 4. The van der Waals surface area contributed by atoms with Gasteiger partial charge < -0.3 is 13.9 Å². The van der Waals surface area contributed by atoms with Gasteiger partial charge >= 0.3 is 5.76 Å². The largest absolute Gasteiger partial charge is 0.419 e. The van der Waals surface area contributed by atoms with E-state index in [1.807, 2.05) is 0 Å². The molecule has 0 atom stereocenters. The molecule has 1 saturated heterocycles. The highest BCUT2D eigenvalue weighted by Crippen LogP contribution is 2.20. The highest BCUT2D eigenvalue weighted by atomic mass is 16.7. The lowest BCUT2D eigenvalue weighted by Crippen LogP contribution is -2.18. The van der Waals surface area contributed by atoms with Crippen molar-refractivity contribution in [2.45, 2.75) is 19.3 Å². The average Bonchev–Trinajstić information content (AvgIpc) is 3.02. The zero-order chi connectivity index (χ0) is 14.1. The lowest BCUT2D eigenvalue weighted by molar-refractivity contribution is -0.384. The molecule has 20 heavy (non-hydrogen) atoms. The van der Waals surface area contributed by atoms with E-state index in [1.54, 1.807) is 0 Å². The van der Waals surface area contributed by atoms with E-state index in [9.17, 15) is 14.9 Å². The van der Waals surface area contributed by atoms with Crippen LogP contribution < -0.4 is 5.76 Å². The summed E-state index contributed by atoms with van der Waals surface area (Å²) >= 11 is 0. The van der Waals surface area contributed by atoms with Crippen LogP contribution in [0.15, 0.2) is 27.4 Å². The van der Waals surface area contributed by atoms with Gasteiger partial charge in [0, 0.05) is 19.0 Å². The second kappa shape index (κ2) is 5.06. The fourth-order valence-corrected chi connectivity index (χ4v) is 2.19. The normalized spacial score (nSPS) is 16.0. The van der Waals surface area contributed by atoms with Gasteiger partial charge in [0.25, 0.3) is 5.69 Å². The molecular formula is C12H12N2O6. The first kappa shape index (κ1) is 12.8. The molecule has 1 aromatic carbocycles. The number of nitro benzene ring substituents is 1. The Morgan fingerprint density at radius 1 is 1.35 bits per heavy atom. The SMILES string of the molecule is O=c1oc2cc([N+](=O)[O-])ccc2n1CCC1OCCO1. The fraction of sp³-hybridized carbons (Fsp3) is 0.417. The van der Waals surface area contributed by atoms with Crippen LogP contribution in [0.2, 0.25) is 0 Å². The number of hydrogen-bond acceptors (Lipinski definition) is 6. The van der Waals surface area contributed by atoms with Gasteiger partial charge in [0.15, 0.2) is 11.9 Å². The Balaban J connectivity index is 1.88. The van der Waals surface area contributed by atoms with E-state index in [0.717, 1.165) is 0 Å². The summed E-state index contributed by atoms with van der Waals surface area (Å²) in [7, 11) is 0. The standard InChI is InChI=1S/C12H12N2O6/c15-12-13(4-3-11-18-5-6-19-11)9-2-1-8(14(16)17)7-10(9)20-12/h1-2,7,11H,3-6H2. The molecular weight excluding hydrogens is 268 g/mol. The monoisotopic (exact) mass is 280 g/mol. The van der Waals surface area contributed by atoms with Gasteiger partial charge in [-0.3, -0.25) is 14.7 Å². The molecule has 0 bridgehead atoms. The minimum absolute atomic E-state index is 0.110. The Kier molecular flexibility index (Phi) is 3.25. The Hall–Kier alpha value is -2.19. The van der Waals surface area contributed by atoms with Gasteiger partial charge in [-0.15, -0.1) is 0 Å². The lowest BCUT2D eigenvalue weighted by Gasteiger charge is -2.08. The second-order valence-electron chi connectivity index (χ2n) is 4.39. The summed E-state index contributed by atoms with van der Waals surface area (Å²) in [6.45, 7) is 1.48. The fourth-order valence-electron chi connectivity index (χ4n) is 2.19. The van der Waals surface area contributed by atoms with Crippen LogP contribution in [0.5, 0.6) is 0 Å². The molecule has 0 radical (unpaired) electrons. The minimum atomic E-state index is -0.543. The van der Waals surface area contributed by atoms with Crippen molar-refractivity contribution in [3.63, 3.8) is 0 Å². The van der Waals surface area contributed by atoms with E-state index >= 15 is 0 Å². The van der Waals surface area contributed by atoms with E-state index in [2.05, 4.69) is 0 Å². The third-order valence-corrected chi connectivity index (χ3v) is 3.14. The van der Waals surface area contributed by atoms with Crippen LogP contribution in [0.1, 0.15) is 6.42 Å². The van der Waals surface area contributed by atoms with Crippen LogP contribution in [-0.4, -0.2) is 29.0 Å². The van der Waals surface area contributed by atoms with Crippen LogP contribution in [0.3, 0.4) is 0 Å². The highest BCUT2D eigenvalue weighted by molar-refractivity contribution is 5.75. The topological polar surface area (TPSA) is 96.7 Å². The molecule has 106 valence electrons. The number of aryl methyl sites for hydroxylation is 1. The van der Waals surface area contributed by atoms with E-state index in [1.165, 1.54) is 22.8 Å². The predicted molar refractivity (Wildman–Crippen MR) is 67.4 cm³/mol. The molecule has 0 N–H and O–H groups in total. The first-order valence-electron chi connectivity index (χ1n) is 6.16. The molecule has 8 nitrogen and oxygen atoms in total. The first-order chi connectivity index (χ1) is 9.65. The first-order valence-corrected chi connectivity index (χ1v) is 6.16. The summed E-state index contributed by atoms with van der Waals surface area (Å²) in [4.78, 5) is 21.9. The Morgan fingerprint density at radius 2 is 2.10 bits per heavy atom. The van der Waals surface area contributed by atoms with E-state index in [0.29, 0.717) is 31.7 Å². The quantitative estimate of drug-likeness (QED) is 0.618. The van der Waals surface area contributed by atoms with Crippen LogP contribution in [0.4, 0.5) is 5.69 Å². The maximum absolute atomic E-state index is 11.8. The summed E-state index contributed by atoms with van der Waals surface area (Å²) in [6.07, 6.45) is 0.204. The summed E-state index contributed by atoms with van der Waals surface area (Å²) in [5.74, 6) is -0.543. The number of non-ortho nitro benzene ring substituents is 1. The van der Waals surface area contributed by atoms with Gasteiger partial charge in [0.1, 0.15) is 0 Å². The summed E-state index contributed by atoms with van der Waals surface area (Å²) in [5, 5.41) is 10.7. The van der Waals surface area contributed by atoms with Crippen molar-refractivity contribution in [2.24, 2.45) is 0 Å². The number of oxazole rings is 1. The van der Waals surface area contributed by atoms with Crippen molar-refractivity contribution in [1.82, 2.24) is 4.57 Å². The number of nitro groups is 1. The maximum Gasteiger partial charge on any atom is 0.419 e. The van der Waals surface area contributed by atoms with Crippen molar-refractivity contribution >= 4 is 16.8 Å². The average molecular weight is 280 g/mol. The molecule has 1 aliphatic heterocycles. The maximum atomic E-state index is 11.8. The van der Waals surface area contributed by atoms with Crippen molar-refractivity contribution in [1.29, 1.82) is 0 Å². The van der Waals surface area contributed by atoms with Crippen LogP contribution >= 0.6 is 0 Å². The molecule has 0 unspecified atom stereocenters. The summed E-state index contributed by atoms with van der Waals surface area (Å²) in [5.41, 5.74) is 0.622. The summed E-state index contributed by atoms with van der Waals surface area (Å²) < 4.78 is 17.0. The molecule has 0 amide bonds.